The van der Waals surface area contributed by atoms with Crippen LogP contribution in [0.5, 0.6) is 0 Å². The van der Waals surface area contributed by atoms with Crippen molar-refractivity contribution in [2.75, 3.05) is 13.1 Å². The maximum absolute atomic E-state index is 14.2. The van der Waals surface area contributed by atoms with E-state index in [0.717, 1.165) is 81.8 Å². The van der Waals surface area contributed by atoms with Crippen molar-refractivity contribution < 1.29 is 38.4 Å². The first-order valence-electron chi connectivity index (χ1n) is 30.0. The third-order valence-corrected chi connectivity index (χ3v) is 14.3. The van der Waals surface area contributed by atoms with Gasteiger partial charge in [-0.1, -0.05) is 180 Å². The Hall–Kier alpha value is -5.80. The zero-order chi connectivity index (χ0) is 57.5. The number of hydrogen-bond acceptors (Lipinski definition) is 8. The molecular formula is C62H102N8O8. The van der Waals surface area contributed by atoms with Crippen molar-refractivity contribution in [3.63, 3.8) is 0 Å². The summed E-state index contributed by atoms with van der Waals surface area (Å²) in [6, 6.07) is 15.3. The second kappa shape index (κ2) is 41.3. The third kappa shape index (κ3) is 29.3. The topological polar surface area (TPSA) is 233 Å². The molecule has 438 valence electrons. The minimum atomic E-state index is -0.927. The van der Waals surface area contributed by atoms with Gasteiger partial charge in [0.15, 0.2) is 0 Å². The Bertz CT molecular complexity index is 2000. The van der Waals surface area contributed by atoms with E-state index in [4.69, 9.17) is 0 Å². The van der Waals surface area contributed by atoms with E-state index in [-0.39, 0.29) is 60.1 Å². The van der Waals surface area contributed by atoms with E-state index in [1.165, 1.54) is 6.92 Å². The fraction of sp³-hybridized carbons (Fsp3) is 0.677. The van der Waals surface area contributed by atoms with Crippen molar-refractivity contribution in [3.8, 4) is 0 Å². The van der Waals surface area contributed by atoms with E-state index < -0.39 is 48.1 Å². The highest BCUT2D eigenvalue weighted by molar-refractivity contribution is 5.93. The second-order valence-electron chi connectivity index (χ2n) is 21.5. The van der Waals surface area contributed by atoms with Crippen molar-refractivity contribution in [3.05, 3.63) is 71.8 Å². The quantitative estimate of drug-likeness (QED) is 0.0298. The summed E-state index contributed by atoms with van der Waals surface area (Å²) in [5, 5.41) is 24.1. The second-order valence-corrected chi connectivity index (χ2v) is 21.5. The van der Waals surface area contributed by atoms with E-state index in [9.17, 15) is 38.4 Å². The maximum Gasteiger partial charge on any atom is 0.243 e. The summed E-state index contributed by atoms with van der Waals surface area (Å²) in [6.45, 7) is 16.2. The zero-order valence-electron chi connectivity index (χ0n) is 49.0. The first kappa shape index (κ1) is 68.3. The number of rotatable bonds is 43. The van der Waals surface area contributed by atoms with Crippen LogP contribution in [0, 0.1) is 11.8 Å². The predicted octanol–water partition coefficient (Wildman–Crippen LogP) is 9.30. The summed E-state index contributed by atoms with van der Waals surface area (Å²) in [4.78, 5) is 108. The van der Waals surface area contributed by atoms with E-state index in [2.05, 4.69) is 56.4 Å². The maximum atomic E-state index is 14.2. The minimum Gasteiger partial charge on any atom is -0.356 e. The highest BCUT2D eigenvalue weighted by Gasteiger charge is 2.30. The van der Waals surface area contributed by atoms with Crippen LogP contribution in [-0.2, 0) is 38.4 Å². The average molecular weight is 1090 g/mol. The Morgan fingerprint density at radius 2 is 0.782 bits per heavy atom. The van der Waals surface area contributed by atoms with Crippen LogP contribution in [0.4, 0.5) is 0 Å². The Balaban J connectivity index is 2.27. The van der Waals surface area contributed by atoms with Crippen LogP contribution in [0.15, 0.2) is 60.7 Å². The van der Waals surface area contributed by atoms with Crippen LogP contribution < -0.4 is 42.5 Å². The van der Waals surface area contributed by atoms with E-state index in [0.29, 0.717) is 83.7 Å². The van der Waals surface area contributed by atoms with Crippen molar-refractivity contribution in [1.29, 1.82) is 0 Å². The number of unbranched alkanes of at least 4 members (excludes halogenated alkanes) is 8. The Morgan fingerprint density at radius 1 is 0.372 bits per heavy atom. The fourth-order valence-corrected chi connectivity index (χ4v) is 9.52. The molecule has 7 unspecified atom stereocenters. The first-order valence-corrected chi connectivity index (χ1v) is 30.0. The van der Waals surface area contributed by atoms with Crippen LogP contribution in [-0.4, -0.2) is 90.6 Å². The van der Waals surface area contributed by atoms with Gasteiger partial charge in [0.2, 0.25) is 47.3 Å². The van der Waals surface area contributed by atoms with Crippen LogP contribution in [0.3, 0.4) is 0 Å². The molecule has 78 heavy (non-hydrogen) atoms. The lowest BCUT2D eigenvalue weighted by molar-refractivity contribution is -0.133. The molecule has 0 saturated heterocycles. The molecule has 0 bridgehead atoms. The Kier molecular flexibility index (Phi) is 36.1. The molecule has 2 rings (SSSR count). The van der Waals surface area contributed by atoms with Gasteiger partial charge in [-0.2, -0.15) is 0 Å². The molecule has 16 nitrogen and oxygen atoms in total. The van der Waals surface area contributed by atoms with Crippen molar-refractivity contribution in [2.45, 2.75) is 246 Å². The Morgan fingerprint density at radius 3 is 1.32 bits per heavy atom. The Labute approximate surface area is 468 Å². The summed E-state index contributed by atoms with van der Waals surface area (Å²) in [6.07, 6.45) is 15.8. The van der Waals surface area contributed by atoms with Crippen LogP contribution in [0.2, 0.25) is 0 Å². The van der Waals surface area contributed by atoms with Gasteiger partial charge < -0.3 is 42.5 Å². The highest BCUT2D eigenvalue weighted by atomic mass is 16.2. The van der Waals surface area contributed by atoms with E-state index in [1.807, 2.05) is 95.3 Å². The van der Waals surface area contributed by atoms with Crippen LogP contribution in [0.25, 0.3) is 0 Å². The highest BCUT2D eigenvalue weighted by Crippen LogP contribution is 2.23. The normalized spacial score (nSPS) is 13.9. The fourth-order valence-electron chi connectivity index (χ4n) is 9.52. The lowest BCUT2D eigenvalue weighted by atomic mass is 9.98. The summed E-state index contributed by atoms with van der Waals surface area (Å²) < 4.78 is 0. The minimum absolute atomic E-state index is 0.0173. The monoisotopic (exact) mass is 1090 g/mol. The largest absolute Gasteiger partial charge is 0.356 e. The number of amides is 8. The smallest absolute Gasteiger partial charge is 0.243 e. The SMILES string of the molecule is CCCCCC(C)C(=O)NCCCCC(NC(=O)C(C)CCCCC)C(=O)NC(CCC)C(=O)NC(CCCC)CC(=O)NC(CCCCNC(=O)C(CCCC)NC(C)=O)CC(=O)NC(c1ccccc1)c1ccccc1. The molecule has 8 N–H and O–H groups in total. The summed E-state index contributed by atoms with van der Waals surface area (Å²) in [5.41, 5.74) is 1.81. The van der Waals surface area contributed by atoms with Crippen LogP contribution >= 0.6 is 0 Å². The van der Waals surface area contributed by atoms with Gasteiger partial charge in [-0.25, -0.2) is 0 Å². The summed E-state index contributed by atoms with van der Waals surface area (Å²) in [5.74, 6) is -2.57. The molecule has 7 atom stereocenters. The summed E-state index contributed by atoms with van der Waals surface area (Å²) >= 11 is 0. The van der Waals surface area contributed by atoms with Crippen LogP contribution in [0.1, 0.15) is 227 Å². The van der Waals surface area contributed by atoms with Crippen molar-refractivity contribution in [1.82, 2.24) is 42.5 Å². The van der Waals surface area contributed by atoms with Gasteiger partial charge in [-0.3, -0.25) is 38.4 Å². The molecule has 8 amide bonds. The molecule has 0 aromatic heterocycles. The van der Waals surface area contributed by atoms with Gasteiger partial charge in [0.1, 0.15) is 18.1 Å². The average Bonchev–Trinajstić information content (AvgIpc) is 3.42. The van der Waals surface area contributed by atoms with Crippen molar-refractivity contribution in [2.24, 2.45) is 11.8 Å². The standard InChI is InChI=1S/C62H102N8O8/c1-9-14-20-31-45(6)58(74)63-41-29-27-40-54(68-59(75)46(7)32-21-15-10-2)62(78)69-52(30-13-5)61(77)67-51(37-16-11-3)44-55(72)66-50(38-26-28-42-64-60(76)53(39-17-12-4)65-47(8)71)43-56(73)70-57(48-33-22-18-23-34-48)49-35-24-19-25-36-49/h18-19,22-25,33-36,45-46,50-54,57H,9-17,20-21,26-32,37-44H2,1-8H3,(H,63,74)(H,64,76)(H,65,71)(H,66,72)(H,67,77)(H,68,75)(H,69,78)(H,70,73). The molecule has 2 aromatic carbocycles. The molecule has 0 spiro atoms. The molecule has 0 saturated carbocycles. The molecule has 0 radical (unpaired) electrons. The number of benzene rings is 2. The molecule has 16 heteroatoms. The molecule has 2 aromatic rings. The molecule has 0 heterocycles. The number of hydrogen-bond donors (Lipinski definition) is 8. The lowest BCUT2D eigenvalue weighted by Crippen LogP contribution is -2.55. The number of carbonyl (C=O) groups excluding carboxylic acids is 8. The molecule has 0 aliphatic heterocycles. The van der Waals surface area contributed by atoms with Gasteiger partial charge in [0.05, 0.1) is 6.04 Å². The van der Waals surface area contributed by atoms with E-state index in [1.54, 1.807) is 0 Å². The predicted molar refractivity (Wildman–Crippen MR) is 312 cm³/mol. The van der Waals surface area contributed by atoms with Gasteiger partial charge in [0, 0.05) is 56.8 Å². The zero-order valence-corrected chi connectivity index (χ0v) is 49.0. The molecule has 0 aliphatic carbocycles. The van der Waals surface area contributed by atoms with Gasteiger partial charge >= 0.3 is 0 Å². The molecule has 0 aliphatic rings. The first-order chi connectivity index (χ1) is 37.6. The lowest BCUT2D eigenvalue weighted by Gasteiger charge is -2.27. The van der Waals surface area contributed by atoms with Gasteiger partial charge in [-0.05, 0) is 81.8 Å². The van der Waals surface area contributed by atoms with E-state index >= 15 is 0 Å². The van der Waals surface area contributed by atoms with Gasteiger partial charge in [-0.15, -0.1) is 0 Å². The van der Waals surface area contributed by atoms with Gasteiger partial charge in [0.25, 0.3) is 0 Å². The third-order valence-electron chi connectivity index (χ3n) is 14.3. The number of nitrogens with one attached hydrogen (secondary N) is 8. The summed E-state index contributed by atoms with van der Waals surface area (Å²) in [7, 11) is 0. The van der Waals surface area contributed by atoms with Crippen molar-refractivity contribution >= 4 is 47.3 Å². The number of carbonyl (C=O) groups is 8. The molecular weight excluding hydrogens is 985 g/mol. The molecule has 0 fully saturated rings.